The normalized spacial score (nSPS) is 11.8. The van der Waals surface area contributed by atoms with Gasteiger partial charge in [0, 0.05) is 30.3 Å². The van der Waals surface area contributed by atoms with Gasteiger partial charge in [-0.05, 0) is 36.4 Å². The Morgan fingerprint density at radius 2 is 1.92 bits per heavy atom. The van der Waals surface area contributed by atoms with E-state index >= 15 is 0 Å². The second-order valence-electron chi connectivity index (χ2n) is 5.46. The Kier molecular flexibility index (Phi) is 4.74. The molecule has 130 valence electrons. The van der Waals surface area contributed by atoms with Crippen molar-refractivity contribution in [3.05, 3.63) is 47.5 Å². The van der Waals surface area contributed by atoms with Gasteiger partial charge in [-0.25, -0.2) is 0 Å². The number of nitrogens with one attached hydrogen (secondary N) is 2. The smallest absolute Gasteiger partial charge is 0.251 e. The van der Waals surface area contributed by atoms with E-state index in [1.807, 2.05) is 0 Å². The molecule has 0 radical (unpaired) electrons. The summed E-state index contributed by atoms with van der Waals surface area (Å²) in [7, 11) is 1.55. The number of rotatable bonds is 5. The summed E-state index contributed by atoms with van der Waals surface area (Å²) in [5.74, 6) is 1.39. The van der Waals surface area contributed by atoms with Crippen LogP contribution in [0.15, 0.2) is 36.4 Å². The zero-order valence-electron chi connectivity index (χ0n) is 13.9. The van der Waals surface area contributed by atoms with Crippen LogP contribution in [0.1, 0.15) is 22.8 Å². The second kappa shape index (κ2) is 7.12. The van der Waals surface area contributed by atoms with E-state index in [2.05, 4.69) is 10.6 Å². The number of carbonyl (C=O) groups is 2. The Morgan fingerprint density at radius 1 is 1.12 bits per heavy atom. The molecule has 0 saturated carbocycles. The predicted molar refractivity (Wildman–Crippen MR) is 91.0 cm³/mol. The maximum atomic E-state index is 12.4. The topological polar surface area (TPSA) is 85.9 Å². The Bertz CT molecular complexity index is 819. The van der Waals surface area contributed by atoms with Crippen molar-refractivity contribution in [2.24, 2.45) is 0 Å². The SMILES string of the molecule is COc1ccc(NC(C)=O)cc1CNC(=O)c1ccc2c(c1)OCO2. The van der Waals surface area contributed by atoms with E-state index in [9.17, 15) is 9.59 Å². The van der Waals surface area contributed by atoms with Crippen molar-refractivity contribution in [3.63, 3.8) is 0 Å². The lowest BCUT2D eigenvalue weighted by molar-refractivity contribution is -0.114. The van der Waals surface area contributed by atoms with Gasteiger partial charge in [-0.15, -0.1) is 0 Å². The van der Waals surface area contributed by atoms with Gasteiger partial charge in [0.25, 0.3) is 5.91 Å². The molecule has 0 spiro atoms. The van der Waals surface area contributed by atoms with Crippen LogP contribution in [0.3, 0.4) is 0 Å². The van der Waals surface area contributed by atoms with Gasteiger partial charge >= 0.3 is 0 Å². The number of methoxy groups -OCH3 is 1. The highest BCUT2D eigenvalue weighted by molar-refractivity contribution is 5.95. The molecule has 1 heterocycles. The van der Waals surface area contributed by atoms with Gasteiger partial charge in [0.05, 0.1) is 7.11 Å². The first-order valence-electron chi connectivity index (χ1n) is 7.69. The molecule has 1 aliphatic rings. The highest BCUT2D eigenvalue weighted by atomic mass is 16.7. The minimum Gasteiger partial charge on any atom is -0.496 e. The minimum absolute atomic E-state index is 0.160. The van der Waals surface area contributed by atoms with Crippen molar-refractivity contribution < 1.29 is 23.8 Å². The number of amides is 2. The van der Waals surface area contributed by atoms with E-state index in [1.54, 1.807) is 43.5 Å². The van der Waals surface area contributed by atoms with Crippen LogP contribution < -0.4 is 24.8 Å². The quantitative estimate of drug-likeness (QED) is 0.871. The number of anilines is 1. The van der Waals surface area contributed by atoms with Crippen molar-refractivity contribution >= 4 is 17.5 Å². The van der Waals surface area contributed by atoms with Crippen LogP contribution >= 0.6 is 0 Å². The summed E-state index contributed by atoms with van der Waals surface area (Å²) in [6, 6.07) is 10.3. The van der Waals surface area contributed by atoms with Crippen LogP contribution in [0.5, 0.6) is 17.2 Å². The molecule has 1 aliphatic heterocycles. The highest BCUT2D eigenvalue weighted by Crippen LogP contribution is 2.32. The molecule has 0 atom stereocenters. The van der Waals surface area contributed by atoms with Crippen LogP contribution in [0.2, 0.25) is 0 Å². The Balaban J connectivity index is 1.71. The van der Waals surface area contributed by atoms with Crippen LogP contribution in [0.25, 0.3) is 0 Å². The first-order chi connectivity index (χ1) is 12.1. The van der Waals surface area contributed by atoms with E-state index in [0.717, 1.165) is 5.56 Å². The van der Waals surface area contributed by atoms with E-state index in [1.165, 1.54) is 6.92 Å². The van der Waals surface area contributed by atoms with Crippen LogP contribution in [-0.4, -0.2) is 25.7 Å². The molecule has 0 aromatic heterocycles. The molecule has 0 fully saturated rings. The van der Waals surface area contributed by atoms with Crippen molar-refractivity contribution in [3.8, 4) is 17.2 Å². The lowest BCUT2D eigenvalue weighted by Gasteiger charge is -2.12. The first kappa shape index (κ1) is 16.6. The van der Waals surface area contributed by atoms with Crippen LogP contribution in [-0.2, 0) is 11.3 Å². The average Bonchev–Trinajstić information content (AvgIpc) is 3.07. The van der Waals surface area contributed by atoms with Gasteiger partial charge in [0.2, 0.25) is 12.7 Å². The zero-order chi connectivity index (χ0) is 17.8. The molecule has 25 heavy (non-hydrogen) atoms. The molecule has 0 saturated heterocycles. The van der Waals surface area contributed by atoms with Crippen molar-refractivity contribution in [2.75, 3.05) is 19.2 Å². The van der Waals surface area contributed by atoms with Gasteiger partial charge in [-0.2, -0.15) is 0 Å². The fraction of sp³-hybridized carbons (Fsp3) is 0.222. The Morgan fingerprint density at radius 3 is 2.68 bits per heavy atom. The minimum atomic E-state index is -0.245. The number of ether oxygens (including phenoxy) is 3. The molecule has 2 aromatic carbocycles. The average molecular weight is 342 g/mol. The number of carbonyl (C=O) groups excluding carboxylic acids is 2. The van der Waals surface area contributed by atoms with E-state index < -0.39 is 0 Å². The van der Waals surface area contributed by atoms with Gasteiger partial charge in [0.1, 0.15) is 5.75 Å². The summed E-state index contributed by atoms with van der Waals surface area (Å²) in [6.07, 6.45) is 0. The summed E-state index contributed by atoms with van der Waals surface area (Å²) in [4.78, 5) is 23.6. The van der Waals surface area contributed by atoms with Crippen LogP contribution in [0.4, 0.5) is 5.69 Å². The lowest BCUT2D eigenvalue weighted by atomic mass is 10.1. The standard InChI is InChI=1S/C18H18N2O5/c1-11(21)20-14-4-6-15(23-2)13(7-14)9-19-18(22)12-3-5-16-17(8-12)25-10-24-16/h3-8H,9-10H2,1-2H3,(H,19,22)(H,20,21). The number of hydrogen-bond donors (Lipinski definition) is 2. The molecule has 3 rings (SSSR count). The molecule has 7 heteroatoms. The van der Waals surface area contributed by atoms with Gasteiger partial charge < -0.3 is 24.8 Å². The molecular formula is C18H18N2O5. The fourth-order valence-corrected chi connectivity index (χ4v) is 2.51. The second-order valence-corrected chi connectivity index (χ2v) is 5.46. The molecule has 2 aromatic rings. The third kappa shape index (κ3) is 3.82. The lowest BCUT2D eigenvalue weighted by Crippen LogP contribution is -2.23. The van der Waals surface area contributed by atoms with Gasteiger partial charge in [-0.3, -0.25) is 9.59 Å². The van der Waals surface area contributed by atoms with Crippen molar-refractivity contribution in [1.29, 1.82) is 0 Å². The molecule has 2 amide bonds. The van der Waals surface area contributed by atoms with Crippen LogP contribution in [0, 0.1) is 0 Å². The van der Waals surface area contributed by atoms with Gasteiger partial charge in [-0.1, -0.05) is 0 Å². The number of fused-ring (bicyclic) bond motifs is 1. The number of benzene rings is 2. The Labute approximate surface area is 144 Å². The molecule has 0 bridgehead atoms. The van der Waals surface area contributed by atoms with Crippen molar-refractivity contribution in [1.82, 2.24) is 5.32 Å². The Hall–Kier alpha value is -3.22. The maximum absolute atomic E-state index is 12.4. The summed E-state index contributed by atoms with van der Waals surface area (Å²) >= 11 is 0. The first-order valence-corrected chi connectivity index (χ1v) is 7.69. The maximum Gasteiger partial charge on any atom is 0.251 e. The third-order valence-electron chi connectivity index (χ3n) is 3.67. The molecular weight excluding hydrogens is 324 g/mol. The summed E-state index contributed by atoms with van der Waals surface area (Å²) in [6.45, 7) is 1.85. The van der Waals surface area contributed by atoms with E-state index in [-0.39, 0.29) is 25.2 Å². The zero-order valence-corrected chi connectivity index (χ0v) is 13.9. The fourth-order valence-electron chi connectivity index (χ4n) is 2.51. The van der Waals surface area contributed by atoms with Gasteiger partial charge in [0.15, 0.2) is 11.5 Å². The summed E-state index contributed by atoms with van der Waals surface area (Å²) in [5.41, 5.74) is 1.87. The summed E-state index contributed by atoms with van der Waals surface area (Å²) in [5, 5.41) is 5.54. The molecule has 0 aliphatic carbocycles. The molecule has 0 unspecified atom stereocenters. The third-order valence-corrected chi connectivity index (χ3v) is 3.67. The predicted octanol–water partition coefficient (Wildman–Crippen LogP) is 2.31. The molecule has 7 nitrogen and oxygen atoms in total. The van der Waals surface area contributed by atoms with Crippen molar-refractivity contribution in [2.45, 2.75) is 13.5 Å². The number of hydrogen-bond acceptors (Lipinski definition) is 5. The summed E-state index contributed by atoms with van der Waals surface area (Å²) < 4.78 is 15.8. The van der Waals surface area contributed by atoms with E-state index in [4.69, 9.17) is 14.2 Å². The van der Waals surface area contributed by atoms with E-state index in [0.29, 0.717) is 28.5 Å². The largest absolute Gasteiger partial charge is 0.496 e. The highest BCUT2D eigenvalue weighted by Gasteiger charge is 2.16. The monoisotopic (exact) mass is 342 g/mol. The molecule has 2 N–H and O–H groups in total.